The van der Waals surface area contributed by atoms with Crippen LogP contribution < -0.4 is 5.32 Å². The van der Waals surface area contributed by atoms with E-state index in [0.717, 1.165) is 18.9 Å². The third kappa shape index (κ3) is 1.90. The predicted octanol–water partition coefficient (Wildman–Crippen LogP) is 2.07. The molecule has 2 aliphatic heterocycles. The van der Waals surface area contributed by atoms with E-state index in [1.54, 1.807) is 0 Å². The van der Waals surface area contributed by atoms with Gasteiger partial charge in [0.25, 0.3) is 0 Å². The molecule has 5 heteroatoms. The predicted molar refractivity (Wildman–Crippen MR) is 68.1 cm³/mol. The Labute approximate surface area is 104 Å². The SMILES string of the molecule is c1nscc1C1NCCOC12CCCSC2. The van der Waals surface area contributed by atoms with Crippen LogP contribution in [-0.2, 0) is 4.74 Å². The van der Waals surface area contributed by atoms with E-state index in [4.69, 9.17) is 4.74 Å². The number of nitrogens with one attached hydrogen (secondary N) is 1. The number of thioether (sulfide) groups is 1. The highest BCUT2D eigenvalue weighted by Crippen LogP contribution is 2.41. The average molecular weight is 256 g/mol. The Bertz CT molecular complexity index is 327. The van der Waals surface area contributed by atoms with Crippen LogP contribution in [0, 0.1) is 0 Å². The largest absolute Gasteiger partial charge is 0.371 e. The lowest BCUT2D eigenvalue weighted by Crippen LogP contribution is -2.54. The smallest absolute Gasteiger partial charge is 0.0967 e. The summed E-state index contributed by atoms with van der Waals surface area (Å²) in [6.45, 7) is 1.79. The molecule has 0 saturated carbocycles. The molecule has 2 saturated heterocycles. The number of nitrogens with zero attached hydrogens (tertiary/aromatic N) is 1. The van der Waals surface area contributed by atoms with Crippen molar-refractivity contribution in [1.82, 2.24) is 9.69 Å². The maximum atomic E-state index is 6.14. The fraction of sp³-hybridized carbons (Fsp3) is 0.727. The molecule has 2 atom stereocenters. The van der Waals surface area contributed by atoms with Gasteiger partial charge in [0.05, 0.1) is 18.2 Å². The normalized spacial score (nSPS) is 35.4. The molecule has 0 radical (unpaired) electrons. The van der Waals surface area contributed by atoms with Crippen LogP contribution in [-0.4, -0.2) is 34.6 Å². The molecule has 3 heterocycles. The quantitative estimate of drug-likeness (QED) is 0.834. The summed E-state index contributed by atoms with van der Waals surface area (Å²) in [7, 11) is 0. The van der Waals surface area contributed by atoms with Gasteiger partial charge in [-0.1, -0.05) is 0 Å². The summed E-state index contributed by atoms with van der Waals surface area (Å²) < 4.78 is 10.4. The maximum absolute atomic E-state index is 6.14. The van der Waals surface area contributed by atoms with Crippen LogP contribution in [0.15, 0.2) is 11.6 Å². The first-order chi connectivity index (χ1) is 7.91. The molecular weight excluding hydrogens is 240 g/mol. The van der Waals surface area contributed by atoms with Crippen LogP contribution in [0.2, 0.25) is 0 Å². The highest BCUT2D eigenvalue weighted by Gasteiger charge is 2.44. The lowest BCUT2D eigenvalue weighted by Gasteiger charge is -2.46. The minimum absolute atomic E-state index is 0.0178. The van der Waals surface area contributed by atoms with Crippen molar-refractivity contribution in [2.45, 2.75) is 24.5 Å². The third-order valence-corrected chi connectivity index (χ3v) is 5.26. The van der Waals surface area contributed by atoms with E-state index >= 15 is 0 Å². The third-order valence-electron chi connectivity index (χ3n) is 3.39. The van der Waals surface area contributed by atoms with Crippen molar-refractivity contribution in [1.29, 1.82) is 0 Å². The maximum Gasteiger partial charge on any atom is 0.0967 e. The molecule has 0 aliphatic carbocycles. The van der Waals surface area contributed by atoms with Gasteiger partial charge >= 0.3 is 0 Å². The summed E-state index contributed by atoms with van der Waals surface area (Å²) in [5.74, 6) is 2.39. The number of morpholine rings is 1. The summed E-state index contributed by atoms with van der Waals surface area (Å²) in [5.41, 5.74) is 1.32. The topological polar surface area (TPSA) is 34.2 Å². The molecule has 0 bridgehead atoms. The number of hydrogen-bond acceptors (Lipinski definition) is 5. The molecule has 2 fully saturated rings. The summed E-state index contributed by atoms with van der Waals surface area (Å²) in [5, 5.41) is 5.76. The van der Waals surface area contributed by atoms with Gasteiger partial charge in [0.1, 0.15) is 0 Å². The molecule has 16 heavy (non-hydrogen) atoms. The van der Waals surface area contributed by atoms with E-state index in [1.807, 2.05) is 18.0 Å². The zero-order chi connectivity index (χ0) is 10.8. The molecule has 1 N–H and O–H groups in total. The van der Waals surface area contributed by atoms with Crippen molar-refractivity contribution < 1.29 is 4.74 Å². The number of aromatic nitrogens is 1. The first kappa shape index (κ1) is 11.0. The molecule has 1 spiro atoms. The van der Waals surface area contributed by atoms with Gasteiger partial charge in [-0.05, 0) is 30.1 Å². The fourth-order valence-electron chi connectivity index (χ4n) is 2.64. The van der Waals surface area contributed by atoms with E-state index in [0.29, 0.717) is 6.04 Å². The minimum Gasteiger partial charge on any atom is -0.371 e. The van der Waals surface area contributed by atoms with E-state index in [-0.39, 0.29) is 5.60 Å². The summed E-state index contributed by atoms with van der Waals surface area (Å²) >= 11 is 3.55. The average Bonchev–Trinajstić information content (AvgIpc) is 2.84. The van der Waals surface area contributed by atoms with E-state index < -0.39 is 0 Å². The van der Waals surface area contributed by atoms with Gasteiger partial charge < -0.3 is 10.1 Å². The monoisotopic (exact) mass is 256 g/mol. The molecule has 0 amide bonds. The number of rotatable bonds is 1. The van der Waals surface area contributed by atoms with Crippen molar-refractivity contribution in [3.63, 3.8) is 0 Å². The summed E-state index contributed by atoms with van der Waals surface area (Å²) in [6, 6.07) is 0.341. The number of hydrogen-bond donors (Lipinski definition) is 1. The fourth-order valence-corrected chi connectivity index (χ4v) is 4.43. The molecule has 2 unspecified atom stereocenters. The highest BCUT2D eigenvalue weighted by molar-refractivity contribution is 7.99. The van der Waals surface area contributed by atoms with Crippen LogP contribution >= 0.6 is 23.3 Å². The zero-order valence-corrected chi connectivity index (χ0v) is 10.8. The molecular formula is C11H16N2OS2. The Hall–Kier alpha value is -0.100. The first-order valence-electron chi connectivity index (χ1n) is 5.75. The minimum atomic E-state index is 0.0178. The first-order valence-corrected chi connectivity index (χ1v) is 7.74. The van der Waals surface area contributed by atoms with Gasteiger partial charge in [0.2, 0.25) is 0 Å². The second-order valence-electron chi connectivity index (χ2n) is 4.41. The summed E-state index contributed by atoms with van der Waals surface area (Å²) in [4.78, 5) is 0. The molecule has 1 aromatic heterocycles. The van der Waals surface area contributed by atoms with E-state index in [9.17, 15) is 0 Å². The molecule has 3 nitrogen and oxygen atoms in total. The van der Waals surface area contributed by atoms with Gasteiger partial charge in [0.15, 0.2) is 0 Å². The van der Waals surface area contributed by atoms with Gasteiger partial charge in [0, 0.05) is 29.4 Å². The van der Waals surface area contributed by atoms with Crippen LogP contribution in [0.1, 0.15) is 24.4 Å². The standard InChI is InChI=1S/C11H16N2OS2/c1-2-11(8-15-5-1)10(12-3-4-14-11)9-6-13-16-7-9/h6-7,10,12H,1-5,8H2. The Morgan fingerprint density at radius 3 is 3.31 bits per heavy atom. The molecule has 0 aromatic carbocycles. The second-order valence-corrected chi connectivity index (χ2v) is 6.18. The second kappa shape index (κ2) is 4.64. The Kier molecular flexibility index (Phi) is 3.20. The van der Waals surface area contributed by atoms with Crippen molar-refractivity contribution >= 4 is 23.3 Å². The summed E-state index contributed by atoms with van der Waals surface area (Å²) in [6.07, 6.45) is 4.42. The van der Waals surface area contributed by atoms with Crippen molar-refractivity contribution in [3.8, 4) is 0 Å². The van der Waals surface area contributed by atoms with Gasteiger partial charge in [-0.25, -0.2) is 4.37 Å². The molecule has 1 aromatic rings. The van der Waals surface area contributed by atoms with Crippen molar-refractivity contribution in [2.75, 3.05) is 24.7 Å². The van der Waals surface area contributed by atoms with Crippen LogP contribution in [0.3, 0.4) is 0 Å². The van der Waals surface area contributed by atoms with Crippen molar-refractivity contribution in [2.24, 2.45) is 0 Å². The highest BCUT2D eigenvalue weighted by atomic mass is 32.2. The van der Waals surface area contributed by atoms with E-state index in [2.05, 4.69) is 15.1 Å². The Morgan fingerprint density at radius 2 is 2.56 bits per heavy atom. The van der Waals surface area contributed by atoms with Gasteiger partial charge in [-0.15, -0.1) is 0 Å². The number of ether oxygens (including phenoxy) is 1. The Morgan fingerprint density at radius 1 is 1.56 bits per heavy atom. The Balaban J connectivity index is 1.88. The zero-order valence-electron chi connectivity index (χ0n) is 9.15. The van der Waals surface area contributed by atoms with E-state index in [1.165, 1.54) is 35.7 Å². The van der Waals surface area contributed by atoms with Crippen LogP contribution in [0.25, 0.3) is 0 Å². The van der Waals surface area contributed by atoms with Gasteiger partial charge in [-0.3, -0.25) is 0 Å². The van der Waals surface area contributed by atoms with Crippen molar-refractivity contribution in [3.05, 3.63) is 17.1 Å². The lowest BCUT2D eigenvalue weighted by molar-refractivity contribution is -0.0887. The molecule has 2 aliphatic rings. The van der Waals surface area contributed by atoms with Crippen LogP contribution in [0.5, 0.6) is 0 Å². The lowest BCUT2D eigenvalue weighted by atomic mass is 9.86. The molecule has 88 valence electrons. The molecule has 3 rings (SSSR count). The van der Waals surface area contributed by atoms with Crippen LogP contribution in [0.4, 0.5) is 0 Å². The van der Waals surface area contributed by atoms with Gasteiger partial charge in [-0.2, -0.15) is 11.8 Å².